The van der Waals surface area contributed by atoms with Crippen LogP contribution in [0.15, 0.2) is 24.5 Å². The van der Waals surface area contributed by atoms with Crippen LogP contribution in [0.1, 0.15) is 17.7 Å². The largest absolute Gasteiger partial charge is 0.380 e. The second-order valence-electron chi connectivity index (χ2n) is 4.73. The molecule has 0 aliphatic rings. The molecule has 2 heterocycles. The smallest absolute Gasteiger partial charge is 0.222 e. The lowest BCUT2D eigenvalue weighted by molar-refractivity contribution is -0.123. The Morgan fingerprint density at radius 1 is 1.60 bits per heavy atom. The fraction of sp³-hybridized carbons (Fsp3) is 0.429. The van der Waals surface area contributed by atoms with Crippen LogP contribution in [0.5, 0.6) is 0 Å². The highest BCUT2D eigenvalue weighted by molar-refractivity contribution is 5.76. The normalized spacial score (nSPS) is 12.6. The minimum atomic E-state index is -0.238. The van der Waals surface area contributed by atoms with Gasteiger partial charge < -0.3 is 20.2 Å². The molecule has 6 nitrogen and oxygen atoms in total. The molecule has 2 aromatic rings. The molecular formula is C14H20N4O2. The van der Waals surface area contributed by atoms with Gasteiger partial charge in [-0.3, -0.25) is 4.79 Å². The number of hydrogen-bond donors (Lipinski definition) is 2. The number of nitrogens with zero attached hydrogens (tertiary/aromatic N) is 2. The predicted molar refractivity (Wildman–Crippen MR) is 76.2 cm³/mol. The number of imidazole rings is 1. The first kappa shape index (κ1) is 14.5. The highest BCUT2D eigenvalue weighted by Gasteiger charge is 2.11. The molecule has 0 saturated carbocycles. The second-order valence-corrected chi connectivity index (χ2v) is 4.73. The van der Waals surface area contributed by atoms with Gasteiger partial charge in [0.2, 0.25) is 5.91 Å². The van der Waals surface area contributed by atoms with Crippen molar-refractivity contribution >= 4 is 11.6 Å². The van der Waals surface area contributed by atoms with Gasteiger partial charge in [-0.25, -0.2) is 4.98 Å². The number of ether oxygens (including phenoxy) is 1. The third-order valence-corrected chi connectivity index (χ3v) is 3.20. The quantitative estimate of drug-likeness (QED) is 0.810. The van der Waals surface area contributed by atoms with Crippen molar-refractivity contribution in [1.29, 1.82) is 0 Å². The van der Waals surface area contributed by atoms with E-state index in [9.17, 15) is 4.79 Å². The summed E-state index contributed by atoms with van der Waals surface area (Å²) in [7, 11) is 1.55. The summed E-state index contributed by atoms with van der Waals surface area (Å²) in [6.07, 6.45) is 3.88. The molecule has 0 aliphatic heterocycles. The SMILES string of the molecule is COC(CN)CC(=O)NCc1cn2cccc(C)c2n1. The Morgan fingerprint density at radius 2 is 2.40 bits per heavy atom. The average Bonchev–Trinajstić information content (AvgIpc) is 2.87. The summed E-state index contributed by atoms with van der Waals surface area (Å²) in [4.78, 5) is 16.2. The van der Waals surface area contributed by atoms with Gasteiger partial charge in [0, 0.05) is 26.0 Å². The molecule has 0 radical (unpaired) electrons. The molecule has 1 amide bonds. The summed E-state index contributed by atoms with van der Waals surface area (Å²) in [6.45, 7) is 2.74. The molecule has 0 bridgehead atoms. The van der Waals surface area contributed by atoms with Gasteiger partial charge >= 0.3 is 0 Å². The van der Waals surface area contributed by atoms with E-state index in [1.165, 1.54) is 0 Å². The lowest BCUT2D eigenvalue weighted by Gasteiger charge is -2.11. The summed E-state index contributed by atoms with van der Waals surface area (Å²) in [6, 6.07) is 3.98. The van der Waals surface area contributed by atoms with Gasteiger partial charge in [0.15, 0.2) is 0 Å². The van der Waals surface area contributed by atoms with E-state index in [0.29, 0.717) is 13.1 Å². The van der Waals surface area contributed by atoms with E-state index in [-0.39, 0.29) is 18.4 Å². The van der Waals surface area contributed by atoms with Crippen LogP contribution in [0.3, 0.4) is 0 Å². The Bertz CT molecular complexity index is 590. The maximum Gasteiger partial charge on any atom is 0.222 e. The van der Waals surface area contributed by atoms with Crippen LogP contribution in [0.2, 0.25) is 0 Å². The Hall–Kier alpha value is -1.92. The highest BCUT2D eigenvalue weighted by atomic mass is 16.5. The van der Waals surface area contributed by atoms with Gasteiger partial charge in [0.25, 0.3) is 0 Å². The molecule has 6 heteroatoms. The fourth-order valence-electron chi connectivity index (χ4n) is 2.02. The van der Waals surface area contributed by atoms with Crippen molar-refractivity contribution in [2.75, 3.05) is 13.7 Å². The van der Waals surface area contributed by atoms with Gasteiger partial charge in [-0.05, 0) is 18.6 Å². The number of nitrogens with one attached hydrogen (secondary N) is 1. The molecular weight excluding hydrogens is 256 g/mol. The molecule has 3 N–H and O–H groups in total. The number of pyridine rings is 1. The molecule has 1 unspecified atom stereocenters. The number of fused-ring (bicyclic) bond motifs is 1. The molecule has 0 spiro atoms. The lowest BCUT2D eigenvalue weighted by atomic mass is 10.2. The standard InChI is InChI=1S/C14H20N4O2/c1-10-4-3-5-18-9-11(17-14(10)18)8-16-13(19)6-12(7-15)20-2/h3-5,9,12H,6-8,15H2,1-2H3,(H,16,19). The molecule has 0 aliphatic carbocycles. The summed E-state index contributed by atoms with van der Waals surface area (Å²) >= 11 is 0. The van der Waals surface area contributed by atoms with Crippen molar-refractivity contribution in [2.24, 2.45) is 5.73 Å². The highest BCUT2D eigenvalue weighted by Crippen LogP contribution is 2.09. The average molecular weight is 276 g/mol. The van der Waals surface area contributed by atoms with Gasteiger partial charge in [0.05, 0.1) is 24.8 Å². The van der Waals surface area contributed by atoms with Crippen molar-refractivity contribution in [3.8, 4) is 0 Å². The van der Waals surface area contributed by atoms with Crippen molar-refractivity contribution in [3.05, 3.63) is 35.8 Å². The minimum Gasteiger partial charge on any atom is -0.380 e. The number of amides is 1. The van der Waals surface area contributed by atoms with Crippen molar-refractivity contribution < 1.29 is 9.53 Å². The summed E-state index contributed by atoms with van der Waals surface area (Å²) < 4.78 is 7.03. The van der Waals surface area contributed by atoms with Crippen molar-refractivity contribution in [1.82, 2.24) is 14.7 Å². The first-order chi connectivity index (χ1) is 9.63. The molecule has 20 heavy (non-hydrogen) atoms. The topological polar surface area (TPSA) is 81.6 Å². The van der Waals surface area contributed by atoms with Gasteiger partial charge in [-0.15, -0.1) is 0 Å². The second kappa shape index (κ2) is 6.49. The Morgan fingerprint density at radius 3 is 3.05 bits per heavy atom. The zero-order valence-corrected chi connectivity index (χ0v) is 11.8. The van der Waals surface area contributed by atoms with E-state index in [1.54, 1.807) is 7.11 Å². The molecule has 0 aromatic carbocycles. The minimum absolute atomic E-state index is 0.0870. The van der Waals surface area contributed by atoms with E-state index in [4.69, 9.17) is 10.5 Å². The Balaban J connectivity index is 1.96. The summed E-state index contributed by atoms with van der Waals surface area (Å²) in [5.41, 5.74) is 8.33. The molecule has 1 atom stereocenters. The summed E-state index contributed by atoms with van der Waals surface area (Å²) in [5.74, 6) is -0.0870. The van der Waals surface area contributed by atoms with E-state index in [2.05, 4.69) is 10.3 Å². The third kappa shape index (κ3) is 3.34. The fourth-order valence-corrected chi connectivity index (χ4v) is 2.02. The molecule has 0 saturated heterocycles. The number of nitrogens with two attached hydrogens (primary N) is 1. The molecule has 2 aromatic heterocycles. The molecule has 108 valence electrons. The Kier molecular flexibility index (Phi) is 4.70. The van der Waals surface area contributed by atoms with Gasteiger partial charge in [-0.2, -0.15) is 0 Å². The number of carbonyl (C=O) groups is 1. The number of carbonyl (C=O) groups excluding carboxylic acids is 1. The molecule has 0 fully saturated rings. The lowest BCUT2D eigenvalue weighted by Crippen LogP contribution is -2.31. The van der Waals surface area contributed by atoms with Crippen LogP contribution in [0.25, 0.3) is 5.65 Å². The zero-order valence-electron chi connectivity index (χ0n) is 11.8. The van der Waals surface area contributed by atoms with Crippen LogP contribution in [-0.4, -0.2) is 35.1 Å². The maximum absolute atomic E-state index is 11.7. The number of rotatable bonds is 6. The van der Waals surface area contributed by atoms with Gasteiger partial charge in [-0.1, -0.05) is 6.07 Å². The number of methoxy groups -OCH3 is 1. The first-order valence-corrected chi connectivity index (χ1v) is 6.56. The zero-order chi connectivity index (χ0) is 14.5. The van der Waals surface area contributed by atoms with Crippen molar-refractivity contribution in [2.45, 2.75) is 26.0 Å². The van der Waals surface area contributed by atoms with Crippen LogP contribution in [0.4, 0.5) is 0 Å². The maximum atomic E-state index is 11.7. The molecule has 2 rings (SSSR count). The first-order valence-electron chi connectivity index (χ1n) is 6.56. The van der Waals surface area contributed by atoms with Crippen LogP contribution < -0.4 is 11.1 Å². The van der Waals surface area contributed by atoms with Gasteiger partial charge in [0.1, 0.15) is 5.65 Å². The third-order valence-electron chi connectivity index (χ3n) is 3.20. The number of aryl methyl sites for hydroxylation is 1. The predicted octanol–water partition coefficient (Wildman–Crippen LogP) is 0.623. The van der Waals surface area contributed by atoms with E-state index in [1.807, 2.05) is 35.9 Å². The van der Waals surface area contributed by atoms with Crippen LogP contribution >= 0.6 is 0 Å². The number of hydrogen-bond acceptors (Lipinski definition) is 4. The van der Waals surface area contributed by atoms with E-state index in [0.717, 1.165) is 16.9 Å². The van der Waals surface area contributed by atoms with Crippen LogP contribution in [0, 0.1) is 6.92 Å². The van der Waals surface area contributed by atoms with Crippen LogP contribution in [-0.2, 0) is 16.1 Å². The van der Waals surface area contributed by atoms with E-state index >= 15 is 0 Å². The number of aromatic nitrogens is 2. The monoisotopic (exact) mass is 276 g/mol. The Labute approximate surface area is 117 Å². The summed E-state index contributed by atoms with van der Waals surface area (Å²) in [5, 5.41) is 2.83. The van der Waals surface area contributed by atoms with E-state index < -0.39 is 0 Å². The van der Waals surface area contributed by atoms with Crippen molar-refractivity contribution in [3.63, 3.8) is 0 Å².